The fourth-order valence-electron chi connectivity index (χ4n) is 1.76. The van der Waals surface area contributed by atoms with Crippen molar-refractivity contribution in [3.63, 3.8) is 0 Å². The molecule has 2 heterocycles. The number of rotatable bonds is 7. The van der Waals surface area contributed by atoms with Crippen LogP contribution in [0.3, 0.4) is 0 Å². The lowest BCUT2D eigenvalue weighted by molar-refractivity contribution is 0.199. The molecule has 0 aliphatic heterocycles. The van der Waals surface area contributed by atoms with E-state index in [4.69, 9.17) is 4.74 Å². The van der Waals surface area contributed by atoms with Gasteiger partial charge < -0.3 is 19.2 Å². The van der Waals surface area contributed by atoms with Gasteiger partial charge in [0.1, 0.15) is 6.33 Å². The third kappa shape index (κ3) is 3.18. The largest absolute Gasteiger partial charge is 0.383 e. The molecule has 18 heavy (non-hydrogen) atoms. The molecule has 0 fully saturated rings. The molecule has 6 heteroatoms. The van der Waals surface area contributed by atoms with E-state index in [1.807, 2.05) is 17.7 Å². The molecule has 0 bridgehead atoms. The Hall–Kier alpha value is -1.66. The second-order valence-corrected chi connectivity index (χ2v) is 4.16. The van der Waals surface area contributed by atoms with Crippen molar-refractivity contribution < 1.29 is 4.74 Å². The molecule has 1 N–H and O–H groups in total. The van der Waals surface area contributed by atoms with Crippen molar-refractivity contribution in [2.75, 3.05) is 20.3 Å². The van der Waals surface area contributed by atoms with E-state index in [0.717, 1.165) is 32.1 Å². The fourth-order valence-corrected chi connectivity index (χ4v) is 1.76. The third-order valence-electron chi connectivity index (χ3n) is 2.83. The van der Waals surface area contributed by atoms with E-state index in [-0.39, 0.29) is 0 Å². The quantitative estimate of drug-likeness (QED) is 0.722. The summed E-state index contributed by atoms with van der Waals surface area (Å²) in [5.41, 5.74) is 1.23. The lowest BCUT2D eigenvalue weighted by Gasteiger charge is -2.09. The van der Waals surface area contributed by atoms with Crippen LogP contribution in [-0.4, -0.2) is 39.6 Å². The minimum atomic E-state index is 0.726. The van der Waals surface area contributed by atoms with Crippen LogP contribution in [0.1, 0.15) is 11.5 Å². The van der Waals surface area contributed by atoms with Crippen LogP contribution in [0.2, 0.25) is 0 Å². The molecule has 0 aromatic carbocycles. The summed E-state index contributed by atoms with van der Waals surface area (Å²) in [7, 11) is 3.66. The highest BCUT2D eigenvalue weighted by Gasteiger charge is 2.05. The zero-order valence-corrected chi connectivity index (χ0v) is 10.8. The number of ether oxygens (including phenoxy) is 1. The molecule has 0 saturated heterocycles. The minimum absolute atomic E-state index is 0.726. The van der Waals surface area contributed by atoms with E-state index in [0.29, 0.717) is 0 Å². The Labute approximate surface area is 107 Å². The van der Waals surface area contributed by atoms with Crippen molar-refractivity contribution in [2.45, 2.75) is 13.1 Å². The molecule has 0 unspecified atom stereocenters. The summed E-state index contributed by atoms with van der Waals surface area (Å²) in [5.74, 6) is 0.948. The van der Waals surface area contributed by atoms with Crippen LogP contribution >= 0.6 is 0 Å². The highest BCUT2D eigenvalue weighted by atomic mass is 16.5. The van der Waals surface area contributed by atoms with Crippen LogP contribution in [0.25, 0.3) is 0 Å². The number of nitrogens with zero attached hydrogens (tertiary/aromatic N) is 4. The number of hydrogen-bond donors (Lipinski definition) is 1. The van der Waals surface area contributed by atoms with Gasteiger partial charge in [-0.15, -0.1) is 10.2 Å². The molecule has 0 aliphatic rings. The predicted octanol–water partition coefficient (Wildman–Crippen LogP) is 0.401. The average molecular weight is 249 g/mol. The Balaban J connectivity index is 1.93. The number of hydrogen-bond acceptors (Lipinski definition) is 4. The summed E-state index contributed by atoms with van der Waals surface area (Å²) in [6.07, 6.45) is 3.78. The normalized spacial score (nSPS) is 11.0. The van der Waals surface area contributed by atoms with Gasteiger partial charge in [-0.05, 0) is 12.1 Å². The van der Waals surface area contributed by atoms with Crippen molar-refractivity contribution in [1.82, 2.24) is 24.6 Å². The Morgan fingerprint density at radius 1 is 1.44 bits per heavy atom. The molecular weight excluding hydrogens is 230 g/mol. The van der Waals surface area contributed by atoms with Crippen molar-refractivity contribution in [2.24, 2.45) is 7.05 Å². The van der Waals surface area contributed by atoms with Crippen LogP contribution in [0.15, 0.2) is 24.7 Å². The average Bonchev–Trinajstić information content (AvgIpc) is 2.96. The number of nitrogens with one attached hydrogen (secondary N) is 1. The van der Waals surface area contributed by atoms with Gasteiger partial charge in [0.15, 0.2) is 5.82 Å². The van der Waals surface area contributed by atoms with E-state index in [1.165, 1.54) is 5.69 Å². The highest BCUT2D eigenvalue weighted by molar-refractivity contribution is 5.08. The summed E-state index contributed by atoms with van der Waals surface area (Å²) < 4.78 is 9.10. The third-order valence-corrected chi connectivity index (χ3v) is 2.83. The van der Waals surface area contributed by atoms with Crippen molar-refractivity contribution in [1.29, 1.82) is 0 Å². The zero-order valence-electron chi connectivity index (χ0n) is 10.8. The van der Waals surface area contributed by atoms with Crippen LogP contribution in [0, 0.1) is 0 Å². The Morgan fingerprint density at radius 2 is 2.33 bits per heavy atom. The van der Waals surface area contributed by atoms with Gasteiger partial charge in [-0.3, -0.25) is 0 Å². The summed E-state index contributed by atoms with van der Waals surface area (Å²) in [5, 5.41) is 11.3. The zero-order chi connectivity index (χ0) is 12.8. The Kier molecular flexibility index (Phi) is 4.49. The fraction of sp³-hybridized carbons (Fsp3) is 0.500. The van der Waals surface area contributed by atoms with E-state index in [2.05, 4.69) is 32.3 Å². The summed E-state index contributed by atoms with van der Waals surface area (Å²) in [6.45, 7) is 3.15. The topological polar surface area (TPSA) is 56.9 Å². The van der Waals surface area contributed by atoms with Gasteiger partial charge in [0.25, 0.3) is 0 Å². The number of aromatic nitrogens is 4. The van der Waals surface area contributed by atoms with Crippen molar-refractivity contribution >= 4 is 0 Å². The SMILES string of the molecule is COCCNCc1cccn1Cc1nncn1C. The van der Waals surface area contributed by atoms with Crippen molar-refractivity contribution in [3.8, 4) is 0 Å². The first kappa shape index (κ1) is 12.8. The molecule has 0 spiro atoms. The van der Waals surface area contributed by atoms with E-state index >= 15 is 0 Å². The molecule has 0 radical (unpaired) electrons. The maximum atomic E-state index is 5.00. The van der Waals surface area contributed by atoms with Gasteiger partial charge in [0.05, 0.1) is 13.2 Å². The molecule has 0 aliphatic carbocycles. The second-order valence-electron chi connectivity index (χ2n) is 4.16. The van der Waals surface area contributed by atoms with Crippen LogP contribution in [-0.2, 0) is 24.9 Å². The molecule has 0 atom stereocenters. The number of aryl methyl sites for hydroxylation is 1. The van der Waals surface area contributed by atoms with Gasteiger partial charge in [0, 0.05) is 39.1 Å². The molecule has 2 aromatic rings. The standard InChI is InChI=1S/C12H19N5O/c1-16-10-14-15-12(16)9-17-6-3-4-11(17)8-13-5-7-18-2/h3-4,6,10,13H,5,7-9H2,1-2H3. The molecular formula is C12H19N5O. The van der Waals surface area contributed by atoms with Gasteiger partial charge in [-0.1, -0.05) is 0 Å². The van der Waals surface area contributed by atoms with Gasteiger partial charge in [-0.25, -0.2) is 0 Å². The first-order chi connectivity index (χ1) is 8.81. The van der Waals surface area contributed by atoms with Gasteiger partial charge in [-0.2, -0.15) is 0 Å². The maximum absolute atomic E-state index is 5.00. The van der Waals surface area contributed by atoms with Crippen LogP contribution in [0.4, 0.5) is 0 Å². The molecule has 98 valence electrons. The first-order valence-corrected chi connectivity index (χ1v) is 5.98. The van der Waals surface area contributed by atoms with Gasteiger partial charge in [0.2, 0.25) is 0 Å². The second kappa shape index (κ2) is 6.32. The van der Waals surface area contributed by atoms with Crippen LogP contribution in [0.5, 0.6) is 0 Å². The summed E-state index contributed by atoms with van der Waals surface area (Å²) in [4.78, 5) is 0. The molecule has 2 rings (SSSR count). The first-order valence-electron chi connectivity index (χ1n) is 5.98. The maximum Gasteiger partial charge on any atom is 0.152 e. The lowest BCUT2D eigenvalue weighted by atomic mass is 10.4. The van der Waals surface area contributed by atoms with Crippen molar-refractivity contribution in [3.05, 3.63) is 36.2 Å². The summed E-state index contributed by atoms with van der Waals surface area (Å²) >= 11 is 0. The summed E-state index contributed by atoms with van der Waals surface area (Å²) in [6, 6.07) is 4.15. The van der Waals surface area contributed by atoms with Gasteiger partial charge >= 0.3 is 0 Å². The number of methoxy groups -OCH3 is 1. The lowest BCUT2D eigenvalue weighted by Crippen LogP contribution is -2.20. The minimum Gasteiger partial charge on any atom is -0.383 e. The Morgan fingerprint density at radius 3 is 3.06 bits per heavy atom. The molecule has 6 nitrogen and oxygen atoms in total. The molecule has 0 saturated carbocycles. The van der Waals surface area contributed by atoms with E-state index in [9.17, 15) is 0 Å². The highest BCUT2D eigenvalue weighted by Crippen LogP contribution is 2.05. The van der Waals surface area contributed by atoms with Crippen LogP contribution < -0.4 is 5.32 Å². The molecule has 2 aromatic heterocycles. The van der Waals surface area contributed by atoms with E-state index in [1.54, 1.807) is 13.4 Å². The smallest absolute Gasteiger partial charge is 0.152 e. The predicted molar refractivity (Wildman–Crippen MR) is 68.1 cm³/mol. The molecule has 0 amide bonds. The van der Waals surface area contributed by atoms with E-state index < -0.39 is 0 Å². The monoisotopic (exact) mass is 249 g/mol. The Bertz CT molecular complexity index is 476.